The number of aromatic nitrogens is 2. The SMILES string of the molecule is [2H]c1c(-n2c3c(-c4ccccc4)cc(C(C)(C)C)cc3c3ccccc3c3ccccc3c3c(Cl)c([2H])c([2H])c([2H])c32)c([2H])c(C(C)(C)C)c([2H])c1-n1c2c(-c3ccccc3)cc(C(C)(C)C)cc2c2ccccc2c2ccccc2c2c(Cl)c([2H])c([2H])c([2H])c21. The predicted molar refractivity (Wildman–Crippen MR) is 357 cm³/mol. The van der Waals surface area contributed by atoms with Crippen molar-refractivity contribution in [3.8, 4) is 33.6 Å². The van der Waals surface area contributed by atoms with Gasteiger partial charge in [-0.3, -0.25) is 0 Å². The van der Waals surface area contributed by atoms with Crippen LogP contribution in [-0.4, -0.2) is 9.13 Å². The molecule has 0 amide bonds. The Labute approximate surface area is 504 Å². The molecule has 0 fully saturated rings. The van der Waals surface area contributed by atoms with Gasteiger partial charge in [-0.05, 0) is 154 Å². The van der Waals surface area contributed by atoms with Crippen molar-refractivity contribution in [1.82, 2.24) is 9.13 Å². The molecule has 0 N–H and O–H groups in total. The third kappa shape index (κ3) is 9.14. The second kappa shape index (κ2) is 20.2. The lowest BCUT2D eigenvalue weighted by Gasteiger charge is -2.27. The van der Waals surface area contributed by atoms with Crippen molar-refractivity contribution in [2.24, 2.45) is 0 Å². The molecule has 0 unspecified atom stereocenters. The van der Waals surface area contributed by atoms with Crippen molar-refractivity contribution in [2.75, 3.05) is 0 Å². The van der Waals surface area contributed by atoms with Gasteiger partial charge in [-0.25, -0.2) is 0 Å². The first-order chi connectivity index (χ1) is 43.2. The third-order valence-corrected chi connectivity index (χ3v) is 16.5. The Balaban J connectivity index is 1.48. The minimum absolute atomic E-state index is 0.0307. The average molecular weight is 1110 g/mol. The van der Waals surface area contributed by atoms with Crippen molar-refractivity contribution < 1.29 is 12.3 Å². The summed E-state index contributed by atoms with van der Waals surface area (Å²) in [4.78, 5) is 0. The Morgan fingerprint density at radius 1 is 0.329 bits per heavy atom. The minimum atomic E-state index is -1.07. The summed E-state index contributed by atoms with van der Waals surface area (Å²) in [5.74, 6) is 0. The molecule has 13 rings (SSSR count). The van der Waals surface area contributed by atoms with E-state index in [1.165, 1.54) is 0 Å². The van der Waals surface area contributed by atoms with Gasteiger partial charge in [-0.1, -0.05) is 255 Å². The maximum atomic E-state index is 11.7. The normalized spacial score (nSPS) is 13.9. The standard InChI is InChI=1S/C78H66Cl2N2/c1-76(2,3)51-42-54(81-70-40-24-38-68(79)72(70)62-36-22-20-32-58(62)56-30-16-18-34-60(56)66-46-52(77(4,5)6)44-64(74(66)81)49-26-12-10-13-27-49)48-55(43-51)82-71-41-25-39-69(80)73(71)63-37-23-21-33-59(63)57-31-17-19-35-61(57)67-47-53(78(7,8)9)45-65(75(67)82)50-28-14-11-15-29-50/h10-48H,1-9H3/i24D,25D,38D,39D,40D,41D,42D,43D,48D. The number of rotatable bonds is 4. The number of halogens is 2. The molecular formula is C78H66Cl2N2. The Bertz CT molecular complexity index is 5090. The summed E-state index contributed by atoms with van der Waals surface area (Å²) in [6, 6.07) is 56.5. The maximum absolute atomic E-state index is 11.7. The number of benzene rings is 11. The summed E-state index contributed by atoms with van der Waals surface area (Å²) >= 11 is 15.4. The maximum Gasteiger partial charge on any atom is 0.0667 e. The van der Waals surface area contributed by atoms with Crippen LogP contribution in [0.25, 0.3) is 120 Å². The van der Waals surface area contributed by atoms with E-state index in [9.17, 15) is 12.3 Å². The van der Waals surface area contributed by atoms with Crippen LogP contribution >= 0.6 is 23.2 Å². The first kappa shape index (κ1) is 43.3. The monoisotopic (exact) mass is 1110 g/mol. The van der Waals surface area contributed by atoms with Gasteiger partial charge in [0.25, 0.3) is 0 Å². The van der Waals surface area contributed by atoms with E-state index in [0.29, 0.717) is 43.7 Å². The van der Waals surface area contributed by atoms with Gasteiger partial charge >= 0.3 is 0 Å². The van der Waals surface area contributed by atoms with Crippen molar-refractivity contribution >= 4 is 110 Å². The van der Waals surface area contributed by atoms with E-state index < -0.39 is 40.4 Å². The summed E-state index contributed by atoms with van der Waals surface area (Å²) in [6.07, 6.45) is 0. The van der Waals surface area contributed by atoms with Crippen LogP contribution in [-0.2, 0) is 16.2 Å². The third-order valence-electron chi connectivity index (χ3n) is 16.0. The molecule has 0 spiro atoms. The Morgan fingerprint density at radius 3 is 0.976 bits per heavy atom. The van der Waals surface area contributed by atoms with Crippen LogP contribution in [0, 0.1) is 0 Å². The molecule has 2 aromatic heterocycles. The molecule has 2 heterocycles. The summed E-state index contributed by atoms with van der Waals surface area (Å²) in [7, 11) is 0. The van der Waals surface area contributed by atoms with Crippen LogP contribution in [0.5, 0.6) is 0 Å². The van der Waals surface area contributed by atoms with Crippen LogP contribution in [0.4, 0.5) is 0 Å². The van der Waals surface area contributed by atoms with Crippen molar-refractivity contribution in [3.05, 3.63) is 263 Å². The Kier molecular flexibility index (Phi) is 10.7. The molecule has 0 atom stereocenters. The molecule has 0 aliphatic carbocycles. The molecule has 13 aromatic rings. The van der Waals surface area contributed by atoms with Gasteiger partial charge in [-0.15, -0.1) is 0 Å². The van der Waals surface area contributed by atoms with E-state index in [0.717, 1.165) is 54.6 Å². The second-order valence-corrected chi connectivity index (χ2v) is 25.2. The summed E-state index contributed by atoms with van der Waals surface area (Å²) < 4.78 is 97.3. The molecule has 4 heteroatoms. The minimum Gasteiger partial charge on any atom is -0.308 e. The highest BCUT2D eigenvalue weighted by atomic mass is 35.5. The van der Waals surface area contributed by atoms with Gasteiger partial charge in [-0.2, -0.15) is 0 Å². The first-order valence-electron chi connectivity index (χ1n) is 32.4. The summed E-state index contributed by atoms with van der Waals surface area (Å²) in [6.45, 7) is 18.7. The fraction of sp³-hybridized carbons (Fsp3) is 0.154. The topological polar surface area (TPSA) is 9.86 Å². The van der Waals surface area contributed by atoms with Gasteiger partial charge in [0.2, 0.25) is 0 Å². The highest BCUT2D eigenvalue weighted by Gasteiger charge is 2.26. The van der Waals surface area contributed by atoms with E-state index in [1.807, 2.05) is 166 Å². The van der Waals surface area contributed by atoms with Crippen molar-refractivity contribution in [1.29, 1.82) is 0 Å². The van der Waals surface area contributed by atoms with Crippen molar-refractivity contribution in [2.45, 2.75) is 78.6 Å². The first-order valence-corrected chi connectivity index (χ1v) is 28.7. The van der Waals surface area contributed by atoms with E-state index in [-0.39, 0.29) is 79.0 Å². The summed E-state index contributed by atoms with van der Waals surface area (Å²) in [5.41, 5.74) is 3.76. The molecule has 0 radical (unpaired) electrons. The van der Waals surface area contributed by atoms with E-state index in [1.54, 1.807) is 9.13 Å². The second-order valence-electron chi connectivity index (χ2n) is 24.4. The fourth-order valence-electron chi connectivity index (χ4n) is 11.8. The number of nitrogens with zero attached hydrogens (tertiary/aromatic N) is 2. The van der Waals surface area contributed by atoms with E-state index >= 15 is 0 Å². The lowest BCUT2D eigenvalue weighted by molar-refractivity contribution is 0.589. The number of fused-ring (bicyclic) bond motifs is 14. The zero-order chi connectivity index (χ0) is 64.7. The van der Waals surface area contributed by atoms with Gasteiger partial charge in [0.1, 0.15) is 0 Å². The van der Waals surface area contributed by atoms with E-state index in [2.05, 4.69) is 77.9 Å². The quantitative estimate of drug-likeness (QED) is 0.166. The highest BCUT2D eigenvalue weighted by molar-refractivity contribution is 6.39. The molecule has 2 nitrogen and oxygen atoms in total. The molecule has 0 saturated heterocycles. The lowest BCUT2D eigenvalue weighted by Crippen LogP contribution is -2.15. The molecule has 0 aliphatic heterocycles. The van der Waals surface area contributed by atoms with E-state index in [4.69, 9.17) is 23.2 Å². The summed E-state index contributed by atoms with van der Waals surface area (Å²) in [5, 5.41) is 7.31. The molecule has 402 valence electrons. The van der Waals surface area contributed by atoms with Crippen LogP contribution in [0.15, 0.2) is 236 Å². The van der Waals surface area contributed by atoms with Gasteiger partial charge in [0.15, 0.2) is 0 Å². The molecule has 11 aromatic carbocycles. The zero-order valence-corrected chi connectivity index (χ0v) is 49.0. The van der Waals surface area contributed by atoms with Gasteiger partial charge in [0.05, 0.1) is 44.4 Å². The zero-order valence-electron chi connectivity index (χ0n) is 56.5. The predicted octanol–water partition coefficient (Wildman–Crippen LogP) is 23.3. The molecule has 0 bridgehead atoms. The highest BCUT2D eigenvalue weighted by Crippen LogP contribution is 2.46. The van der Waals surface area contributed by atoms with Crippen molar-refractivity contribution in [3.63, 3.8) is 0 Å². The van der Waals surface area contributed by atoms with Crippen LogP contribution < -0.4 is 0 Å². The number of hydrogen-bond donors (Lipinski definition) is 0. The fourth-order valence-corrected chi connectivity index (χ4v) is 12.2. The smallest absolute Gasteiger partial charge is 0.0667 e. The van der Waals surface area contributed by atoms with Crippen LogP contribution in [0.3, 0.4) is 0 Å². The van der Waals surface area contributed by atoms with Gasteiger partial charge in [0, 0.05) is 44.0 Å². The van der Waals surface area contributed by atoms with Crippen LogP contribution in [0.2, 0.25) is 10.0 Å². The largest absolute Gasteiger partial charge is 0.308 e. The molecule has 82 heavy (non-hydrogen) atoms. The lowest BCUT2D eigenvalue weighted by atomic mass is 9.83. The molecule has 0 saturated carbocycles. The number of hydrogen-bond acceptors (Lipinski definition) is 0. The Hall–Kier alpha value is -8.40. The Morgan fingerprint density at radius 2 is 0.634 bits per heavy atom. The van der Waals surface area contributed by atoms with Gasteiger partial charge < -0.3 is 9.13 Å². The average Bonchev–Trinajstić information content (AvgIpc) is 1.69. The molecule has 0 aliphatic rings. The molecular weight excluding hydrogens is 1040 g/mol. The van der Waals surface area contributed by atoms with Crippen LogP contribution in [0.1, 0.15) is 91.3 Å².